The molecule has 1 fully saturated rings. The molecule has 0 saturated carbocycles. The Morgan fingerprint density at radius 1 is 0.852 bits per heavy atom. The van der Waals surface area contributed by atoms with Crippen LogP contribution in [0.4, 0.5) is 0 Å². The summed E-state index contributed by atoms with van der Waals surface area (Å²) >= 11 is 0. The molecule has 0 N–H and O–H groups in total. The van der Waals surface area contributed by atoms with Gasteiger partial charge in [0.2, 0.25) is 13.6 Å². The molecule has 3 heterocycles. The summed E-state index contributed by atoms with van der Waals surface area (Å²) < 4.78 is 26.5. The van der Waals surface area contributed by atoms with Gasteiger partial charge in [0.25, 0.3) is 0 Å². The Kier molecular flexibility index (Phi) is 3.67. The third-order valence-electron chi connectivity index (χ3n) is 5.04. The van der Waals surface area contributed by atoms with E-state index >= 15 is 0 Å². The van der Waals surface area contributed by atoms with E-state index < -0.39 is 11.9 Å². The largest absolute Gasteiger partial charge is 0.465 e. The number of carbonyl (C=O) groups excluding carboxylic acids is 2. The van der Waals surface area contributed by atoms with Crippen molar-refractivity contribution < 1.29 is 33.3 Å². The van der Waals surface area contributed by atoms with E-state index in [1.165, 1.54) is 0 Å². The van der Waals surface area contributed by atoms with Gasteiger partial charge in [0.15, 0.2) is 28.8 Å². The SMILES string of the molecule is O=C1OC[C@@H](Cc2ccc3c(c2)OCO3)[C@@H]1C(=O)c1ccc2c(c1)OCO2. The van der Waals surface area contributed by atoms with Gasteiger partial charge in [0, 0.05) is 11.5 Å². The average molecular weight is 368 g/mol. The van der Waals surface area contributed by atoms with E-state index in [4.69, 9.17) is 23.7 Å². The summed E-state index contributed by atoms with van der Waals surface area (Å²) in [6, 6.07) is 10.6. The number of benzene rings is 2. The average Bonchev–Trinajstić information content (AvgIpc) is 3.40. The van der Waals surface area contributed by atoms with Crippen molar-refractivity contribution in [3.05, 3.63) is 47.5 Å². The van der Waals surface area contributed by atoms with Crippen molar-refractivity contribution in [2.45, 2.75) is 6.42 Å². The molecule has 0 aromatic heterocycles. The zero-order chi connectivity index (χ0) is 18.4. The van der Waals surface area contributed by atoms with E-state index in [0.717, 1.165) is 5.56 Å². The number of fused-ring (bicyclic) bond motifs is 2. The van der Waals surface area contributed by atoms with Gasteiger partial charge in [-0.3, -0.25) is 9.59 Å². The van der Waals surface area contributed by atoms with Gasteiger partial charge in [0.1, 0.15) is 5.92 Å². The zero-order valence-electron chi connectivity index (χ0n) is 14.3. The van der Waals surface area contributed by atoms with Crippen LogP contribution in [-0.4, -0.2) is 31.9 Å². The molecule has 7 heteroatoms. The van der Waals surface area contributed by atoms with Crippen LogP contribution in [-0.2, 0) is 16.0 Å². The highest BCUT2D eigenvalue weighted by molar-refractivity contribution is 6.09. The van der Waals surface area contributed by atoms with Crippen LogP contribution >= 0.6 is 0 Å². The molecule has 0 spiro atoms. The first-order valence-electron chi connectivity index (χ1n) is 8.68. The van der Waals surface area contributed by atoms with Crippen molar-refractivity contribution in [1.29, 1.82) is 0 Å². The summed E-state index contributed by atoms with van der Waals surface area (Å²) in [5.74, 6) is 0.662. The summed E-state index contributed by atoms with van der Waals surface area (Å²) in [7, 11) is 0. The molecule has 3 aliphatic heterocycles. The molecule has 0 amide bonds. The second kappa shape index (κ2) is 6.19. The summed E-state index contributed by atoms with van der Waals surface area (Å²) in [5.41, 5.74) is 1.38. The maximum Gasteiger partial charge on any atom is 0.317 e. The van der Waals surface area contributed by atoms with Gasteiger partial charge in [-0.25, -0.2) is 0 Å². The molecule has 138 valence electrons. The summed E-state index contributed by atoms with van der Waals surface area (Å²) in [4.78, 5) is 25.3. The third-order valence-corrected chi connectivity index (χ3v) is 5.04. The van der Waals surface area contributed by atoms with E-state index in [1.807, 2.05) is 18.2 Å². The fraction of sp³-hybridized carbons (Fsp3) is 0.300. The van der Waals surface area contributed by atoms with Gasteiger partial charge in [0.05, 0.1) is 6.61 Å². The Labute approximate surface area is 154 Å². The normalized spacial score (nSPS) is 22.0. The van der Waals surface area contributed by atoms with E-state index in [-0.39, 0.29) is 31.9 Å². The fourth-order valence-corrected chi connectivity index (χ4v) is 3.67. The van der Waals surface area contributed by atoms with Crippen molar-refractivity contribution in [3.63, 3.8) is 0 Å². The quantitative estimate of drug-likeness (QED) is 0.466. The van der Waals surface area contributed by atoms with Crippen LogP contribution < -0.4 is 18.9 Å². The van der Waals surface area contributed by atoms with Crippen molar-refractivity contribution >= 4 is 11.8 Å². The predicted molar refractivity (Wildman–Crippen MR) is 91.1 cm³/mol. The van der Waals surface area contributed by atoms with Crippen molar-refractivity contribution in [3.8, 4) is 23.0 Å². The number of hydrogen-bond acceptors (Lipinski definition) is 7. The third kappa shape index (κ3) is 2.75. The van der Waals surface area contributed by atoms with E-state index in [9.17, 15) is 9.59 Å². The summed E-state index contributed by atoms with van der Waals surface area (Å²) in [6.07, 6.45) is 0.531. The lowest BCUT2D eigenvalue weighted by atomic mass is 9.84. The molecule has 1 saturated heterocycles. The van der Waals surface area contributed by atoms with E-state index in [1.54, 1.807) is 18.2 Å². The lowest BCUT2D eigenvalue weighted by Gasteiger charge is -2.15. The van der Waals surface area contributed by atoms with Crippen molar-refractivity contribution in [1.82, 2.24) is 0 Å². The lowest BCUT2D eigenvalue weighted by Crippen LogP contribution is -2.27. The Hall–Kier alpha value is -3.22. The Morgan fingerprint density at radius 3 is 2.30 bits per heavy atom. The van der Waals surface area contributed by atoms with Crippen LogP contribution in [0.3, 0.4) is 0 Å². The van der Waals surface area contributed by atoms with Gasteiger partial charge in [-0.15, -0.1) is 0 Å². The van der Waals surface area contributed by atoms with Crippen molar-refractivity contribution in [2.24, 2.45) is 11.8 Å². The zero-order valence-corrected chi connectivity index (χ0v) is 14.3. The number of ketones is 1. The lowest BCUT2D eigenvalue weighted by molar-refractivity contribution is -0.140. The minimum absolute atomic E-state index is 0.130. The van der Waals surface area contributed by atoms with Gasteiger partial charge in [-0.05, 0) is 42.3 Å². The topological polar surface area (TPSA) is 80.3 Å². The van der Waals surface area contributed by atoms with Crippen LogP contribution in [0.5, 0.6) is 23.0 Å². The smallest absolute Gasteiger partial charge is 0.317 e. The highest BCUT2D eigenvalue weighted by Crippen LogP contribution is 2.37. The molecule has 27 heavy (non-hydrogen) atoms. The van der Waals surface area contributed by atoms with Gasteiger partial charge in [-0.1, -0.05) is 6.07 Å². The summed E-state index contributed by atoms with van der Waals surface area (Å²) in [6.45, 7) is 0.550. The molecule has 3 aliphatic rings. The van der Waals surface area contributed by atoms with Crippen LogP contribution in [0.25, 0.3) is 0 Å². The predicted octanol–water partition coefficient (Wildman–Crippen LogP) is 2.36. The molecular formula is C20H16O7. The monoisotopic (exact) mass is 368 g/mol. The van der Waals surface area contributed by atoms with Gasteiger partial charge >= 0.3 is 5.97 Å². The van der Waals surface area contributed by atoms with E-state index in [0.29, 0.717) is 35.0 Å². The number of cyclic esters (lactones) is 1. The van der Waals surface area contributed by atoms with E-state index in [2.05, 4.69) is 0 Å². The molecule has 0 radical (unpaired) electrons. The standard InChI is InChI=1S/C20H16O7/c21-19(12-2-4-15-17(7-12)27-10-25-15)18-13(8-23-20(18)22)5-11-1-3-14-16(6-11)26-9-24-14/h1-4,6-7,13,18H,5,8-10H2/t13-,18-/m1/s1. The number of hydrogen-bond donors (Lipinski definition) is 0. The Morgan fingerprint density at radius 2 is 1.52 bits per heavy atom. The maximum absolute atomic E-state index is 13.0. The molecule has 5 rings (SSSR count). The first kappa shape index (κ1) is 16.0. The fourth-order valence-electron chi connectivity index (χ4n) is 3.67. The number of carbonyl (C=O) groups is 2. The highest BCUT2D eigenvalue weighted by atomic mass is 16.7. The molecule has 2 aromatic carbocycles. The Balaban J connectivity index is 1.38. The second-order valence-electron chi connectivity index (χ2n) is 6.69. The van der Waals surface area contributed by atoms with Crippen LogP contribution in [0.2, 0.25) is 0 Å². The number of rotatable bonds is 4. The van der Waals surface area contributed by atoms with Crippen LogP contribution in [0, 0.1) is 11.8 Å². The van der Waals surface area contributed by atoms with Crippen LogP contribution in [0.1, 0.15) is 15.9 Å². The number of Topliss-reactive ketones (excluding diaryl/α,β-unsaturated/α-hetero) is 1. The maximum atomic E-state index is 13.0. The van der Waals surface area contributed by atoms with Gasteiger partial charge < -0.3 is 23.7 Å². The van der Waals surface area contributed by atoms with Crippen LogP contribution in [0.15, 0.2) is 36.4 Å². The molecule has 0 aliphatic carbocycles. The summed E-state index contributed by atoms with van der Waals surface area (Å²) in [5, 5.41) is 0. The molecular weight excluding hydrogens is 352 g/mol. The molecule has 7 nitrogen and oxygen atoms in total. The van der Waals surface area contributed by atoms with Crippen molar-refractivity contribution in [2.75, 3.05) is 20.2 Å². The molecule has 0 unspecified atom stereocenters. The molecule has 2 aromatic rings. The van der Waals surface area contributed by atoms with Gasteiger partial charge in [-0.2, -0.15) is 0 Å². The number of ether oxygens (including phenoxy) is 5. The molecule has 0 bridgehead atoms. The highest BCUT2D eigenvalue weighted by Gasteiger charge is 2.42. The first-order valence-corrected chi connectivity index (χ1v) is 8.68. The second-order valence-corrected chi connectivity index (χ2v) is 6.69. The first-order chi connectivity index (χ1) is 13.2. The minimum atomic E-state index is -0.837. The number of esters is 1. The minimum Gasteiger partial charge on any atom is -0.465 e. The molecule has 2 atom stereocenters. The Bertz CT molecular complexity index is 936.